The van der Waals surface area contributed by atoms with Crippen LogP contribution < -0.4 is 5.32 Å². The molecular formula is C40H71NO5. The van der Waals surface area contributed by atoms with Crippen LogP contribution in [0.4, 0.5) is 0 Å². The average Bonchev–Trinajstić information content (AvgIpc) is 3.38. The molecule has 4 N–H and O–H groups in total. The fourth-order valence-corrected chi connectivity index (χ4v) is 11.4. The summed E-state index contributed by atoms with van der Waals surface area (Å²) in [7, 11) is 0. The Hall–Kier alpha value is -1.14. The van der Waals surface area contributed by atoms with Crippen molar-refractivity contribution in [2.75, 3.05) is 0 Å². The van der Waals surface area contributed by atoms with Gasteiger partial charge in [-0.05, 0) is 104 Å². The molecule has 6 nitrogen and oxygen atoms in total. The number of hydrogen-bond acceptors (Lipinski definition) is 4. The molecule has 0 unspecified atom stereocenters. The first-order valence-electron chi connectivity index (χ1n) is 19.9. The number of carboxylic acid groups (broad SMARTS) is 1. The number of aliphatic hydroxyl groups excluding tert-OH is 2. The van der Waals surface area contributed by atoms with E-state index >= 15 is 0 Å². The van der Waals surface area contributed by atoms with E-state index in [0.717, 1.165) is 57.8 Å². The van der Waals surface area contributed by atoms with Gasteiger partial charge in [0.25, 0.3) is 0 Å². The summed E-state index contributed by atoms with van der Waals surface area (Å²) in [5.74, 6) is 1.14. The van der Waals surface area contributed by atoms with E-state index in [2.05, 4.69) is 33.0 Å². The Morgan fingerprint density at radius 1 is 0.783 bits per heavy atom. The summed E-state index contributed by atoms with van der Waals surface area (Å²) < 4.78 is 0. The van der Waals surface area contributed by atoms with Gasteiger partial charge in [0.2, 0.25) is 5.91 Å². The number of carboxylic acids is 1. The van der Waals surface area contributed by atoms with E-state index in [1.807, 2.05) is 0 Å². The molecule has 46 heavy (non-hydrogen) atoms. The van der Waals surface area contributed by atoms with Gasteiger partial charge in [0.05, 0.1) is 12.2 Å². The van der Waals surface area contributed by atoms with E-state index < -0.39 is 12.1 Å². The summed E-state index contributed by atoms with van der Waals surface area (Å²) in [6, 6.07) is 0.195. The van der Waals surface area contributed by atoms with Crippen LogP contribution in [0.15, 0.2) is 0 Å². The zero-order chi connectivity index (χ0) is 33.3. The van der Waals surface area contributed by atoms with Crippen molar-refractivity contribution in [3.8, 4) is 0 Å². The summed E-state index contributed by atoms with van der Waals surface area (Å²) in [5.41, 5.74) is -0.183. The minimum atomic E-state index is -0.746. The third-order valence-corrected chi connectivity index (χ3v) is 14.2. The topological polar surface area (TPSA) is 107 Å². The molecule has 0 aromatic rings. The van der Waals surface area contributed by atoms with Crippen LogP contribution in [-0.2, 0) is 9.59 Å². The number of unbranched alkanes of at least 4 members (excludes halogenated alkanes) is 12. The second kappa shape index (κ2) is 17.5. The first-order valence-corrected chi connectivity index (χ1v) is 19.9. The quantitative estimate of drug-likeness (QED) is 0.105. The van der Waals surface area contributed by atoms with E-state index in [1.54, 1.807) is 0 Å². The van der Waals surface area contributed by atoms with E-state index in [9.17, 15) is 24.9 Å². The zero-order valence-electron chi connectivity index (χ0n) is 30.1. The van der Waals surface area contributed by atoms with Crippen LogP contribution in [0, 0.1) is 46.3 Å². The summed E-state index contributed by atoms with van der Waals surface area (Å²) in [6.07, 6.45) is 24.3. The van der Waals surface area contributed by atoms with Gasteiger partial charge in [-0.3, -0.25) is 9.59 Å². The molecule has 11 atom stereocenters. The molecule has 0 spiro atoms. The molecule has 0 saturated heterocycles. The van der Waals surface area contributed by atoms with Gasteiger partial charge in [-0.1, -0.05) is 105 Å². The minimum Gasteiger partial charge on any atom is -0.481 e. The lowest BCUT2D eigenvalue weighted by Crippen LogP contribution is -2.63. The summed E-state index contributed by atoms with van der Waals surface area (Å²) in [6.45, 7) is 9.11. The highest BCUT2D eigenvalue weighted by Crippen LogP contribution is 2.68. The fraction of sp³-hybridized carbons (Fsp3) is 0.950. The van der Waals surface area contributed by atoms with Crippen molar-refractivity contribution in [2.45, 2.75) is 194 Å². The lowest BCUT2D eigenvalue weighted by molar-refractivity contribution is -0.202. The van der Waals surface area contributed by atoms with Crippen molar-refractivity contribution in [2.24, 2.45) is 46.3 Å². The normalized spacial score (nSPS) is 37.6. The van der Waals surface area contributed by atoms with E-state index in [4.69, 9.17) is 0 Å². The Labute approximate surface area is 281 Å². The molecule has 4 rings (SSSR count). The van der Waals surface area contributed by atoms with Crippen molar-refractivity contribution in [3.63, 3.8) is 0 Å². The van der Waals surface area contributed by atoms with Crippen LogP contribution in [0.5, 0.6) is 0 Å². The maximum atomic E-state index is 12.9. The smallest absolute Gasteiger partial charge is 0.303 e. The van der Waals surface area contributed by atoms with Crippen molar-refractivity contribution in [3.05, 3.63) is 0 Å². The monoisotopic (exact) mass is 646 g/mol. The number of hydrogen-bond donors (Lipinski definition) is 4. The summed E-state index contributed by atoms with van der Waals surface area (Å²) in [5, 5.41) is 36.1. The maximum Gasteiger partial charge on any atom is 0.303 e. The number of carbonyl (C=O) groups is 2. The van der Waals surface area contributed by atoms with Crippen LogP contribution in [0.3, 0.4) is 0 Å². The summed E-state index contributed by atoms with van der Waals surface area (Å²) in [4.78, 5) is 24.2. The Kier molecular flexibility index (Phi) is 14.3. The first kappa shape index (κ1) is 37.7. The molecule has 4 aliphatic rings. The Balaban J connectivity index is 1.19. The van der Waals surface area contributed by atoms with Crippen LogP contribution in [-0.4, -0.2) is 45.4 Å². The fourth-order valence-electron chi connectivity index (χ4n) is 11.4. The van der Waals surface area contributed by atoms with Gasteiger partial charge >= 0.3 is 5.97 Å². The summed E-state index contributed by atoms with van der Waals surface area (Å²) >= 11 is 0. The Bertz CT molecular complexity index is 956. The molecule has 4 aliphatic carbocycles. The standard InChI is InChI=1S/C40H71NO5/c1-5-6-7-8-9-10-11-12-13-14-15-16-17-18-36(44)41-30-23-24-39(3)29(25-30)26-34(42)38-32-21-20-31(28(2)19-22-37(45)46)40(32,4)35(43)27-33(38)39/h28-35,38,42-43H,5-27H2,1-4H3,(H,41,44)(H,45,46)/t28-,29+,30+,31-,32+,33+,34-,35+,38+,39+,40-/m1/s1. The van der Waals surface area contributed by atoms with Crippen molar-refractivity contribution >= 4 is 11.9 Å². The largest absolute Gasteiger partial charge is 0.481 e. The zero-order valence-corrected chi connectivity index (χ0v) is 30.1. The third-order valence-electron chi connectivity index (χ3n) is 14.2. The predicted octanol–water partition coefficient (Wildman–Crippen LogP) is 9.05. The highest BCUT2D eigenvalue weighted by molar-refractivity contribution is 5.76. The molecule has 0 heterocycles. The van der Waals surface area contributed by atoms with E-state index in [1.165, 1.54) is 70.6 Å². The number of amides is 1. The molecule has 0 bridgehead atoms. The molecule has 0 radical (unpaired) electrons. The number of fused-ring (bicyclic) bond motifs is 5. The third kappa shape index (κ3) is 8.90. The predicted molar refractivity (Wildman–Crippen MR) is 186 cm³/mol. The lowest BCUT2D eigenvalue weighted by Gasteiger charge is -2.63. The van der Waals surface area contributed by atoms with Crippen LogP contribution in [0.1, 0.15) is 175 Å². The number of carbonyl (C=O) groups excluding carboxylic acids is 1. The van der Waals surface area contributed by atoms with E-state index in [0.29, 0.717) is 30.6 Å². The first-order chi connectivity index (χ1) is 22.0. The number of aliphatic carboxylic acids is 1. The van der Waals surface area contributed by atoms with Gasteiger partial charge in [0, 0.05) is 18.9 Å². The second-order valence-electron chi connectivity index (χ2n) is 17.0. The second-order valence-corrected chi connectivity index (χ2v) is 17.0. The Morgan fingerprint density at radius 3 is 2.00 bits per heavy atom. The average molecular weight is 646 g/mol. The minimum absolute atomic E-state index is 0.0789. The number of aliphatic hydroxyl groups is 2. The number of nitrogens with one attached hydrogen (secondary N) is 1. The van der Waals surface area contributed by atoms with E-state index in [-0.39, 0.29) is 53.1 Å². The lowest BCUT2D eigenvalue weighted by atomic mass is 9.43. The molecule has 266 valence electrons. The van der Waals surface area contributed by atoms with Crippen molar-refractivity contribution < 1.29 is 24.9 Å². The van der Waals surface area contributed by atoms with Crippen LogP contribution in [0.25, 0.3) is 0 Å². The van der Waals surface area contributed by atoms with Gasteiger partial charge < -0.3 is 20.6 Å². The molecule has 4 saturated carbocycles. The molecule has 6 heteroatoms. The SMILES string of the molecule is CCCCCCCCCCCCCCCC(=O)N[C@H]1CC[C@@]2(C)[C@@H](C1)C[C@@H](O)[C@@H]1[C@@H]2C[C@H](O)[C@]2(C)[C@@H]([C@H](C)CCC(=O)O)CC[C@@H]12. The molecule has 4 fully saturated rings. The van der Waals surface area contributed by atoms with Gasteiger partial charge in [-0.15, -0.1) is 0 Å². The molecular weight excluding hydrogens is 574 g/mol. The molecule has 0 aromatic heterocycles. The highest BCUT2D eigenvalue weighted by Gasteiger charge is 2.65. The van der Waals surface area contributed by atoms with Crippen molar-refractivity contribution in [1.82, 2.24) is 5.32 Å². The van der Waals surface area contributed by atoms with Crippen LogP contribution >= 0.6 is 0 Å². The maximum absolute atomic E-state index is 12.9. The van der Waals surface area contributed by atoms with Gasteiger partial charge in [-0.25, -0.2) is 0 Å². The van der Waals surface area contributed by atoms with Crippen LogP contribution in [0.2, 0.25) is 0 Å². The highest BCUT2D eigenvalue weighted by atomic mass is 16.4. The van der Waals surface area contributed by atoms with Crippen molar-refractivity contribution in [1.29, 1.82) is 0 Å². The van der Waals surface area contributed by atoms with Gasteiger partial charge in [0.1, 0.15) is 0 Å². The van der Waals surface area contributed by atoms with Gasteiger partial charge in [-0.2, -0.15) is 0 Å². The molecule has 0 aromatic carbocycles. The molecule has 0 aliphatic heterocycles. The Morgan fingerprint density at radius 2 is 1.39 bits per heavy atom. The number of rotatable bonds is 19. The van der Waals surface area contributed by atoms with Gasteiger partial charge in [0.15, 0.2) is 0 Å². The molecule has 1 amide bonds.